The van der Waals surface area contributed by atoms with Gasteiger partial charge in [-0.05, 0) is 31.2 Å². The number of H-pyrrole nitrogens is 1. The van der Waals surface area contributed by atoms with Crippen molar-refractivity contribution in [2.75, 3.05) is 13.7 Å². The number of para-hydroxylation sites is 1. The third-order valence-corrected chi connectivity index (χ3v) is 4.10. The van der Waals surface area contributed by atoms with E-state index in [0.717, 1.165) is 16.0 Å². The number of amides is 1. The Labute approximate surface area is 158 Å². The molecule has 3 rings (SSSR count). The lowest BCUT2D eigenvalue weighted by atomic mass is 10.2. The van der Waals surface area contributed by atoms with E-state index in [-0.39, 0.29) is 17.1 Å². The van der Waals surface area contributed by atoms with Crippen molar-refractivity contribution in [2.24, 2.45) is 0 Å². The van der Waals surface area contributed by atoms with Gasteiger partial charge in [-0.1, -0.05) is 18.2 Å². The first-order valence-electron chi connectivity index (χ1n) is 8.40. The number of pyridine rings is 1. The highest BCUT2D eigenvalue weighted by Gasteiger charge is 2.31. The molecule has 0 radical (unpaired) electrons. The van der Waals surface area contributed by atoms with E-state index < -0.39 is 24.7 Å². The van der Waals surface area contributed by atoms with Crippen LogP contribution in [0.2, 0.25) is 0 Å². The second kappa shape index (κ2) is 7.89. The van der Waals surface area contributed by atoms with E-state index in [1.54, 1.807) is 13.0 Å². The van der Waals surface area contributed by atoms with Crippen LogP contribution in [0, 0.1) is 0 Å². The highest BCUT2D eigenvalue weighted by molar-refractivity contribution is 5.97. The number of nitrogens with one attached hydrogen (secondary N) is 1. The number of hydrogen-bond donors (Lipinski definition) is 1. The van der Waals surface area contributed by atoms with Crippen LogP contribution in [0.15, 0.2) is 48.7 Å². The summed E-state index contributed by atoms with van der Waals surface area (Å²) < 4.78 is 42.4. The monoisotopic (exact) mass is 393 g/mol. The maximum Gasteiger partial charge on any atom is 0.422 e. The van der Waals surface area contributed by atoms with Gasteiger partial charge in [0, 0.05) is 17.1 Å². The predicted octanol–water partition coefficient (Wildman–Crippen LogP) is 4.27. The molecule has 28 heavy (non-hydrogen) atoms. The zero-order chi connectivity index (χ0) is 20.3. The van der Waals surface area contributed by atoms with Crippen LogP contribution >= 0.6 is 0 Å². The summed E-state index contributed by atoms with van der Waals surface area (Å²) in [6.45, 7) is 0.133. The second-order valence-electron chi connectivity index (χ2n) is 6.05. The molecule has 9 heteroatoms. The topological polar surface area (TPSA) is 67.5 Å². The second-order valence-corrected chi connectivity index (χ2v) is 6.05. The van der Waals surface area contributed by atoms with Crippen molar-refractivity contribution in [2.45, 2.75) is 19.1 Å². The van der Waals surface area contributed by atoms with E-state index in [1.165, 1.54) is 25.4 Å². The molecular weight excluding hydrogens is 375 g/mol. The van der Waals surface area contributed by atoms with Gasteiger partial charge in [-0.2, -0.15) is 13.2 Å². The average Bonchev–Trinajstić information content (AvgIpc) is 3.10. The van der Waals surface area contributed by atoms with Crippen molar-refractivity contribution in [1.82, 2.24) is 15.0 Å². The Morgan fingerprint density at radius 1 is 1.25 bits per heavy atom. The Hall–Kier alpha value is -3.07. The molecule has 0 fully saturated rings. The molecule has 1 aromatic carbocycles. The van der Waals surface area contributed by atoms with Gasteiger partial charge in [-0.3, -0.25) is 14.6 Å². The van der Waals surface area contributed by atoms with Crippen LogP contribution in [-0.4, -0.2) is 40.8 Å². The van der Waals surface area contributed by atoms with Crippen LogP contribution < -0.4 is 4.74 Å². The minimum atomic E-state index is -4.49. The SMILES string of the molecule is CON(C(=O)c1cc2ccccc2[nH]1)[C@H](C)c1ncccc1OCC(F)(F)F. The highest BCUT2D eigenvalue weighted by atomic mass is 19.4. The van der Waals surface area contributed by atoms with Gasteiger partial charge in [0.25, 0.3) is 5.91 Å². The minimum Gasteiger partial charge on any atom is -0.482 e. The van der Waals surface area contributed by atoms with Gasteiger partial charge in [0.1, 0.15) is 23.2 Å². The zero-order valence-electron chi connectivity index (χ0n) is 15.2. The van der Waals surface area contributed by atoms with Crippen molar-refractivity contribution >= 4 is 16.8 Å². The molecule has 1 N–H and O–H groups in total. The first-order valence-corrected chi connectivity index (χ1v) is 8.40. The summed E-state index contributed by atoms with van der Waals surface area (Å²) in [5.74, 6) is -0.558. The Balaban J connectivity index is 1.87. The fourth-order valence-electron chi connectivity index (χ4n) is 2.83. The van der Waals surface area contributed by atoms with Gasteiger partial charge in [0.2, 0.25) is 0 Å². The highest BCUT2D eigenvalue weighted by Crippen LogP contribution is 2.30. The number of hydrogen-bond acceptors (Lipinski definition) is 4. The molecule has 0 aliphatic rings. The van der Waals surface area contributed by atoms with Gasteiger partial charge < -0.3 is 9.72 Å². The smallest absolute Gasteiger partial charge is 0.422 e. The van der Waals surface area contributed by atoms with Gasteiger partial charge in [-0.15, -0.1) is 0 Å². The Morgan fingerprint density at radius 3 is 2.68 bits per heavy atom. The predicted molar refractivity (Wildman–Crippen MR) is 95.7 cm³/mol. The molecule has 3 aromatic rings. The Morgan fingerprint density at radius 2 is 2.00 bits per heavy atom. The summed E-state index contributed by atoms with van der Waals surface area (Å²) in [5.41, 5.74) is 1.21. The Bertz CT molecular complexity index is 938. The number of fused-ring (bicyclic) bond motifs is 1. The van der Waals surface area contributed by atoms with E-state index in [0.29, 0.717) is 0 Å². The molecule has 0 aliphatic heterocycles. The van der Waals surface area contributed by atoms with E-state index in [2.05, 4.69) is 9.97 Å². The summed E-state index contributed by atoms with van der Waals surface area (Å²) >= 11 is 0. The van der Waals surface area contributed by atoms with Crippen LogP contribution in [0.4, 0.5) is 13.2 Å². The number of carbonyl (C=O) groups is 1. The molecule has 0 saturated heterocycles. The number of alkyl halides is 3. The molecule has 2 heterocycles. The molecule has 6 nitrogen and oxygen atoms in total. The quantitative estimate of drug-likeness (QED) is 0.635. The zero-order valence-corrected chi connectivity index (χ0v) is 15.2. The van der Waals surface area contributed by atoms with Crippen molar-refractivity contribution in [3.05, 3.63) is 60.0 Å². The third-order valence-electron chi connectivity index (χ3n) is 4.10. The maximum absolute atomic E-state index is 12.9. The van der Waals surface area contributed by atoms with Crippen LogP contribution in [-0.2, 0) is 4.84 Å². The van der Waals surface area contributed by atoms with Gasteiger partial charge in [0.05, 0.1) is 7.11 Å². The summed E-state index contributed by atoms with van der Waals surface area (Å²) in [7, 11) is 1.30. The molecule has 1 amide bonds. The minimum absolute atomic E-state index is 0.0705. The van der Waals surface area contributed by atoms with Gasteiger partial charge >= 0.3 is 6.18 Å². The van der Waals surface area contributed by atoms with Crippen molar-refractivity contribution in [3.63, 3.8) is 0 Å². The van der Waals surface area contributed by atoms with E-state index in [4.69, 9.17) is 9.57 Å². The van der Waals surface area contributed by atoms with Gasteiger partial charge in [-0.25, -0.2) is 5.06 Å². The number of aromatic amines is 1. The van der Waals surface area contributed by atoms with Gasteiger partial charge in [0.15, 0.2) is 6.61 Å². The largest absolute Gasteiger partial charge is 0.482 e. The molecule has 0 unspecified atom stereocenters. The standard InChI is InChI=1S/C19H18F3N3O3/c1-12(17-16(8-5-9-23-17)28-11-19(20,21)22)25(27-2)18(26)15-10-13-6-3-4-7-14(13)24-15/h3-10,12,24H,11H2,1-2H3/t12-/m1/s1. The maximum atomic E-state index is 12.9. The van der Waals surface area contributed by atoms with E-state index >= 15 is 0 Å². The lowest BCUT2D eigenvalue weighted by Gasteiger charge is -2.27. The molecule has 0 saturated carbocycles. The van der Waals surface area contributed by atoms with E-state index in [9.17, 15) is 18.0 Å². The molecule has 1 atom stereocenters. The first kappa shape index (κ1) is 19.7. The molecule has 2 aromatic heterocycles. The summed E-state index contributed by atoms with van der Waals surface area (Å²) in [5, 5.41) is 1.88. The summed E-state index contributed by atoms with van der Waals surface area (Å²) in [4.78, 5) is 25.2. The lowest BCUT2D eigenvalue weighted by molar-refractivity contribution is -0.154. The normalized spacial score (nSPS) is 12.8. The average molecular weight is 393 g/mol. The molecule has 0 aliphatic carbocycles. The van der Waals surface area contributed by atoms with Crippen LogP contribution in [0.3, 0.4) is 0 Å². The fraction of sp³-hybridized carbons (Fsp3) is 0.263. The number of aromatic nitrogens is 2. The Kier molecular flexibility index (Phi) is 5.55. The van der Waals surface area contributed by atoms with Crippen molar-refractivity contribution in [1.29, 1.82) is 0 Å². The van der Waals surface area contributed by atoms with Crippen LogP contribution in [0.5, 0.6) is 5.75 Å². The van der Waals surface area contributed by atoms with Crippen LogP contribution in [0.1, 0.15) is 29.1 Å². The number of hydroxylamine groups is 2. The molecule has 148 valence electrons. The number of rotatable bonds is 6. The lowest BCUT2D eigenvalue weighted by Crippen LogP contribution is -2.33. The summed E-state index contributed by atoms with van der Waals surface area (Å²) in [6.07, 6.45) is -3.08. The number of ether oxygens (including phenoxy) is 1. The fourth-order valence-corrected chi connectivity index (χ4v) is 2.83. The van der Waals surface area contributed by atoms with Crippen molar-refractivity contribution < 1.29 is 27.5 Å². The molecule has 0 bridgehead atoms. The van der Waals surface area contributed by atoms with Crippen molar-refractivity contribution in [3.8, 4) is 5.75 Å². The number of benzene rings is 1. The number of carbonyl (C=O) groups excluding carboxylic acids is 1. The first-order chi connectivity index (χ1) is 13.3. The summed E-state index contributed by atoms with van der Waals surface area (Å²) in [6, 6.07) is 11.1. The number of halogens is 3. The number of nitrogens with zero attached hydrogens (tertiary/aromatic N) is 2. The molecular formula is C19H18F3N3O3. The third kappa shape index (κ3) is 4.25. The molecule has 0 spiro atoms. The van der Waals surface area contributed by atoms with Crippen LogP contribution in [0.25, 0.3) is 10.9 Å². The van der Waals surface area contributed by atoms with E-state index in [1.807, 2.05) is 24.3 Å².